The van der Waals surface area contributed by atoms with Crippen molar-refractivity contribution < 1.29 is 9.53 Å². The summed E-state index contributed by atoms with van der Waals surface area (Å²) in [6.45, 7) is 2.25. The van der Waals surface area contributed by atoms with Crippen LogP contribution in [0, 0.1) is 5.92 Å². The number of carbonyl (C=O) groups is 1. The first-order chi connectivity index (χ1) is 9.25. The van der Waals surface area contributed by atoms with Crippen molar-refractivity contribution in [2.24, 2.45) is 5.92 Å². The van der Waals surface area contributed by atoms with Crippen LogP contribution in [0.2, 0.25) is 0 Å². The summed E-state index contributed by atoms with van der Waals surface area (Å²) < 4.78 is 5.32. The van der Waals surface area contributed by atoms with E-state index in [0.717, 1.165) is 11.1 Å². The number of ether oxygens (including phenoxy) is 1. The molecule has 2 rings (SSSR count). The van der Waals surface area contributed by atoms with E-state index in [0.29, 0.717) is 13.0 Å². The second-order valence-corrected chi connectivity index (χ2v) is 4.68. The van der Waals surface area contributed by atoms with Crippen LogP contribution < -0.4 is 0 Å². The molecule has 2 aromatic carbocycles. The van der Waals surface area contributed by atoms with Crippen molar-refractivity contribution in [3.63, 3.8) is 0 Å². The van der Waals surface area contributed by atoms with Crippen LogP contribution in [0.25, 0.3) is 0 Å². The topological polar surface area (TPSA) is 26.3 Å². The zero-order chi connectivity index (χ0) is 13.5. The summed E-state index contributed by atoms with van der Waals surface area (Å²) in [5.74, 6) is -0.265. The zero-order valence-corrected chi connectivity index (χ0v) is 11.1. The lowest BCUT2D eigenvalue weighted by molar-refractivity contribution is -0.149. The Kier molecular flexibility index (Phi) is 4.73. The van der Waals surface area contributed by atoms with Gasteiger partial charge in [0, 0.05) is 0 Å². The second-order valence-electron chi connectivity index (χ2n) is 4.68. The molecule has 0 spiro atoms. The Morgan fingerprint density at radius 1 is 0.947 bits per heavy atom. The van der Waals surface area contributed by atoms with Gasteiger partial charge >= 0.3 is 5.97 Å². The van der Waals surface area contributed by atoms with Gasteiger partial charge in [0.25, 0.3) is 0 Å². The molecule has 0 bridgehead atoms. The van der Waals surface area contributed by atoms with Crippen molar-refractivity contribution >= 4 is 5.97 Å². The van der Waals surface area contributed by atoms with E-state index in [-0.39, 0.29) is 11.9 Å². The van der Waals surface area contributed by atoms with Crippen LogP contribution in [-0.4, -0.2) is 5.97 Å². The van der Waals surface area contributed by atoms with E-state index in [9.17, 15) is 4.79 Å². The molecule has 0 aromatic heterocycles. The highest BCUT2D eigenvalue weighted by atomic mass is 16.5. The average molecular weight is 254 g/mol. The van der Waals surface area contributed by atoms with Gasteiger partial charge in [0.2, 0.25) is 0 Å². The molecule has 0 heterocycles. The molecule has 0 saturated carbocycles. The molecule has 0 N–H and O–H groups in total. The van der Waals surface area contributed by atoms with Gasteiger partial charge in [-0.15, -0.1) is 0 Å². The maximum absolute atomic E-state index is 11.9. The Morgan fingerprint density at radius 2 is 1.47 bits per heavy atom. The molecule has 0 fully saturated rings. The number of hydrogen-bond donors (Lipinski definition) is 0. The van der Waals surface area contributed by atoms with Crippen molar-refractivity contribution in [3.8, 4) is 0 Å². The van der Waals surface area contributed by atoms with Gasteiger partial charge in [0.15, 0.2) is 0 Å². The minimum atomic E-state index is -0.146. The second kappa shape index (κ2) is 6.74. The molecule has 0 radical (unpaired) electrons. The third kappa shape index (κ3) is 4.25. The first kappa shape index (κ1) is 13.3. The van der Waals surface area contributed by atoms with E-state index < -0.39 is 0 Å². The normalized spacial score (nSPS) is 11.8. The Bertz CT molecular complexity index is 505. The summed E-state index contributed by atoms with van der Waals surface area (Å²) in [5.41, 5.74) is 2.18. The summed E-state index contributed by atoms with van der Waals surface area (Å²) in [6.07, 6.45) is 0.717. The van der Waals surface area contributed by atoms with E-state index >= 15 is 0 Å². The fraction of sp³-hybridized carbons (Fsp3) is 0.235. The molecule has 2 heteroatoms. The molecule has 0 unspecified atom stereocenters. The number of carbonyl (C=O) groups excluding carboxylic acids is 1. The van der Waals surface area contributed by atoms with Crippen molar-refractivity contribution in [3.05, 3.63) is 71.8 Å². The number of rotatable bonds is 5. The number of benzene rings is 2. The number of hydrogen-bond acceptors (Lipinski definition) is 2. The molecule has 0 saturated heterocycles. The third-order valence-corrected chi connectivity index (χ3v) is 3.01. The van der Waals surface area contributed by atoms with E-state index in [1.54, 1.807) is 0 Å². The van der Waals surface area contributed by atoms with Gasteiger partial charge in [-0.05, 0) is 17.5 Å². The van der Waals surface area contributed by atoms with Crippen LogP contribution in [0.4, 0.5) is 0 Å². The highest BCUT2D eigenvalue weighted by molar-refractivity contribution is 5.72. The van der Waals surface area contributed by atoms with E-state index in [2.05, 4.69) is 0 Å². The van der Waals surface area contributed by atoms with Gasteiger partial charge in [-0.1, -0.05) is 67.6 Å². The molecule has 1 atom stereocenters. The van der Waals surface area contributed by atoms with E-state index in [1.807, 2.05) is 67.6 Å². The molecule has 19 heavy (non-hydrogen) atoms. The number of esters is 1. The molecule has 0 amide bonds. The summed E-state index contributed by atoms with van der Waals surface area (Å²) in [5, 5.41) is 0. The molecule has 2 nitrogen and oxygen atoms in total. The van der Waals surface area contributed by atoms with Crippen LogP contribution in [0.15, 0.2) is 60.7 Å². The zero-order valence-electron chi connectivity index (χ0n) is 11.1. The lowest BCUT2D eigenvalue weighted by Gasteiger charge is -2.11. The Labute approximate surface area is 114 Å². The molecular formula is C17H18O2. The van der Waals surface area contributed by atoms with Gasteiger partial charge < -0.3 is 4.74 Å². The van der Waals surface area contributed by atoms with Gasteiger partial charge in [0.1, 0.15) is 6.61 Å². The van der Waals surface area contributed by atoms with Gasteiger partial charge in [-0.25, -0.2) is 0 Å². The Morgan fingerprint density at radius 3 is 2.05 bits per heavy atom. The predicted molar refractivity (Wildman–Crippen MR) is 75.5 cm³/mol. The fourth-order valence-corrected chi connectivity index (χ4v) is 1.92. The first-order valence-corrected chi connectivity index (χ1v) is 6.50. The van der Waals surface area contributed by atoms with Crippen molar-refractivity contribution in [2.75, 3.05) is 0 Å². The highest BCUT2D eigenvalue weighted by Crippen LogP contribution is 2.11. The molecular weight excluding hydrogens is 236 g/mol. The van der Waals surface area contributed by atoms with Crippen LogP contribution in [0.5, 0.6) is 0 Å². The smallest absolute Gasteiger partial charge is 0.309 e. The van der Waals surface area contributed by atoms with Crippen LogP contribution >= 0.6 is 0 Å². The molecule has 0 aliphatic heterocycles. The monoisotopic (exact) mass is 254 g/mol. The molecule has 2 aromatic rings. The summed E-state index contributed by atoms with van der Waals surface area (Å²) >= 11 is 0. The van der Waals surface area contributed by atoms with E-state index in [1.165, 1.54) is 0 Å². The summed E-state index contributed by atoms with van der Waals surface area (Å²) in [7, 11) is 0. The van der Waals surface area contributed by atoms with Gasteiger partial charge in [-0.2, -0.15) is 0 Å². The molecule has 0 aliphatic rings. The molecule has 98 valence electrons. The van der Waals surface area contributed by atoms with Crippen LogP contribution in [0.3, 0.4) is 0 Å². The minimum absolute atomic E-state index is 0.119. The summed E-state index contributed by atoms with van der Waals surface area (Å²) in [6, 6.07) is 19.7. The standard InChI is InChI=1S/C17H18O2/c1-14(12-15-8-4-2-5-9-15)17(18)19-13-16-10-6-3-7-11-16/h2-11,14H,12-13H2,1H3/t14-/m1/s1. The lowest BCUT2D eigenvalue weighted by Crippen LogP contribution is -2.16. The Balaban J connectivity index is 1.83. The maximum atomic E-state index is 11.9. The van der Waals surface area contributed by atoms with E-state index in [4.69, 9.17) is 4.74 Å². The quantitative estimate of drug-likeness (QED) is 0.762. The van der Waals surface area contributed by atoms with Crippen molar-refractivity contribution in [1.29, 1.82) is 0 Å². The SMILES string of the molecule is C[C@H](Cc1ccccc1)C(=O)OCc1ccccc1. The van der Waals surface area contributed by atoms with Crippen LogP contribution in [0.1, 0.15) is 18.1 Å². The molecule has 0 aliphatic carbocycles. The van der Waals surface area contributed by atoms with Crippen molar-refractivity contribution in [1.82, 2.24) is 0 Å². The maximum Gasteiger partial charge on any atom is 0.309 e. The fourth-order valence-electron chi connectivity index (χ4n) is 1.92. The van der Waals surface area contributed by atoms with Crippen LogP contribution in [-0.2, 0) is 22.6 Å². The lowest BCUT2D eigenvalue weighted by atomic mass is 10.0. The van der Waals surface area contributed by atoms with Gasteiger partial charge in [0.05, 0.1) is 5.92 Å². The average Bonchev–Trinajstić information content (AvgIpc) is 2.47. The predicted octanol–water partition coefficient (Wildman–Crippen LogP) is 3.61. The van der Waals surface area contributed by atoms with Gasteiger partial charge in [-0.3, -0.25) is 4.79 Å². The highest BCUT2D eigenvalue weighted by Gasteiger charge is 2.14. The largest absolute Gasteiger partial charge is 0.461 e. The summed E-state index contributed by atoms with van der Waals surface area (Å²) in [4.78, 5) is 11.9. The third-order valence-electron chi connectivity index (χ3n) is 3.01. The first-order valence-electron chi connectivity index (χ1n) is 6.50. The Hall–Kier alpha value is -2.09. The van der Waals surface area contributed by atoms with Crippen molar-refractivity contribution in [2.45, 2.75) is 20.0 Å². The minimum Gasteiger partial charge on any atom is -0.461 e.